The fourth-order valence-corrected chi connectivity index (χ4v) is 2.62. The van der Waals surface area contributed by atoms with Crippen molar-refractivity contribution in [1.82, 2.24) is 10.2 Å². The Morgan fingerprint density at radius 3 is 2.58 bits per heavy atom. The molecule has 1 heterocycles. The van der Waals surface area contributed by atoms with Gasteiger partial charge in [-0.2, -0.15) is 0 Å². The zero-order chi connectivity index (χ0) is 16.9. The summed E-state index contributed by atoms with van der Waals surface area (Å²) in [6.07, 6.45) is 0.813. The summed E-state index contributed by atoms with van der Waals surface area (Å²) in [6, 6.07) is 16.3. The summed E-state index contributed by atoms with van der Waals surface area (Å²) < 4.78 is 11.0. The quantitative estimate of drug-likeness (QED) is 0.738. The number of methoxy groups -OCH3 is 1. The van der Waals surface area contributed by atoms with E-state index in [4.69, 9.17) is 9.15 Å². The minimum atomic E-state index is -0.0656. The number of hydrogen-bond acceptors (Lipinski definition) is 5. The van der Waals surface area contributed by atoms with E-state index in [-0.39, 0.29) is 6.04 Å². The first kappa shape index (κ1) is 16.1. The van der Waals surface area contributed by atoms with Crippen molar-refractivity contribution >= 4 is 5.69 Å². The molecular weight excluding hydrogens is 302 g/mol. The van der Waals surface area contributed by atoms with Crippen molar-refractivity contribution in [3.05, 3.63) is 71.4 Å². The smallest absolute Gasteiger partial charge is 0.238 e. The Balaban J connectivity index is 1.80. The minimum absolute atomic E-state index is 0.0656. The highest BCUT2D eigenvalue weighted by atomic mass is 16.5. The molecule has 5 nitrogen and oxygen atoms in total. The molecule has 24 heavy (non-hydrogen) atoms. The lowest BCUT2D eigenvalue weighted by Crippen LogP contribution is -2.07. The topological polar surface area (TPSA) is 60.2 Å². The van der Waals surface area contributed by atoms with Gasteiger partial charge < -0.3 is 14.5 Å². The van der Waals surface area contributed by atoms with Crippen molar-refractivity contribution in [3.63, 3.8) is 0 Å². The van der Waals surface area contributed by atoms with Crippen molar-refractivity contribution in [1.29, 1.82) is 0 Å². The Labute approximate surface area is 141 Å². The van der Waals surface area contributed by atoms with Gasteiger partial charge in [-0.3, -0.25) is 0 Å². The lowest BCUT2D eigenvalue weighted by atomic mass is 10.0. The monoisotopic (exact) mass is 323 g/mol. The van der Waals surface area contributed by atoms with Gasteiger partial charge in [0.05, 0.1) is 7.11 Å². The molecule has 0 unspecified atom stereocenters. The number of aryl methyl sites for hydroxylation is 1. The zero-order valence-corrected chi connectivity index (χ0v) is 14.1. The molecule has 0 amide bonds. The predicted molar refractivity (Wildman–Crippen MR) is 93.3 cm³/mol. The zero-order valence-electron chi connectivity index (χ0n) is 14.1. The van der Waals surface area contributed by atoms with Crippen LogP contribution in [0.15, 0.2) is 52.9 Å². The predicted octanol–water partition coefficient (Wildman–Crippen LogP) is 4.15. The molecule has 1 N–H and O–H groups in total. The number of aromatic nitrogens is 2. The number of rotatable bonds is 6. The van der Waals surface area contributed by atoms with E-state index in [1.165, 1.54) is 5.56 Å². The van der Waals surface area contributed by atoms with Crippen LogP contribution in [0.5, 0.6) is 5.75 Å². The molecule has 1 aromatic heterocycles. The summed E-state index contributed by atoms with van der Waals surface area (Å²) in [6.45, 7) is 3.78. The average Bonchev–Trinajstić information content (AvgIpc) is 3.03. The second kappa shape index (κ2) is 7.17. The van der Waals surface area contributed by atoms with Crippen LogP contribution < -0.4 is 10.1 Å². The van der Waals surface area contributed by atoms with Crippen molar-refractivity contribution in [2.75, 3.05) is 12.4 Å². The number of benzene rings is 2. The molecule has 0 saturated heterocycles. The third-order valence-electron chi connectivity index (χ3n) is 3.81. The van der Waals surface area contributed by atoms with Crippen molar-refractivity contribution < 1.29 is 9.15 Å². The molecule has 3 aromatic rings. The summed E-state index contributed by atoms with van der Waals surface area (Å²) in [5.41, 5.74) is 3.36. The van der Waals surface area contributed by atoms with Crippen molar-refractivity contribution in [2.24, 2.45) is 0 Å². The summed E-state index contributed by atoms with van der Waals surface area (Å²) in [5, 5.41) is 11.3. The summed E-state index contributed by atoms with van der Waals surface area (Å²) in [5.74, 6) is 2.02. The molecule has 0 aliphatic rings. The van der Waals surface area contributed by atoms with Crippen LogP contribution in [0.25, 0.3) is 0 Å². The molecule has 0 saturated carbocycles. The molecule has 3 rings (SSSR count). The van der Waals surface area contributed by atoms with Crippen LogP contribution in [0.2, 0.25) is 0 Å². The Morgan fingerprint density at radius 2 is 1.92 bits per heavy atom. The molecule has 0 fully saturated rings. The van der Waals surface area contributed by atoms with E-state index in [2.05, 4.69) is 33.7 Å². The van der Waals surface area contributed by atoms with Gasteiger partial charge >= 0.3 is 0 Å². The average molecular weight is 323 g/mol. The number of ether oxygens (including phenoxy) is 1. The molecule has 0 radical (unpaired) electrons. The maximum Gasteiger partial charge on any atom is 0.238 e. The Kier molecular flexibility index (Phi) is 4.79. The van der Waals surface area contributed by atoms with Gasteiger partial charge in [0.25, 0.3) is 0 Å². The highest BCUT2D eigenvalue weighted by Crippen LogP contribution is 2.27. The number of nitrogens with zero attached hydrogens (tertiary/aromatic N) is 2. The van der Waals surface area contributed by atoms with Crippen LogP contribution >= 0.6 is 0 Å². The van der Waals surface area contributed by atoms with Gasteiger partial charge in [0.1, 0.15) is 11.8 Å². The lowest BCUT2D eigenvalue weighted by molar-refractivity contribution is 0.410. The molecular formula is C19H21N3O2. The third-order valence-corrected chi connectivity index (χ3v) is 3.81. The second-order valence-electron chi connectivity index (χ2n) is 5.71. The van der Waals surface area contributed by atoms with Crippen LogP contribution in [0.3, 0.4) is 0 Å². The highest BCUT2D eigenvalue weighted by molar-refractivity contribution is 5.53. The Morgan fingerprint density at radius 1 is 1.12 bits per heavy atom. The highest BCUT2D eigenvalue weighted by Gasteiger charge is 2.13. The van der Waals surface area contributed by atoms with Crippen LogP contribution in [-0.2, 0) is 6.42 Å². The van der Waals surface area contributed by atoms with E-state index in [1.807, 2.05) is 37.3 Å². The van der Waals surface area contributed by atoms with Gasteiger partial charge in [0, 0.05) is 24.6 Å². The molecule has 0 aliphatic heterocycles. The summed E-state index contributed by atoms with van der Waals surface area (Å²) >= 11 is 0. The molecule has 5 heteroatoms. The fraction of sp³-hybridized carbons (Fsp3) is 0.263. The number of nitrogens with one attached hydrogen (secondary N) is 1. The number of anilines is 1. The summed E-state index contributed by atoms with van der Waals surface area (Å²) in [4.78, 5) is 0. The van der Waals surface area contributed by atoms with Gasteiger partial charge in [-0.15, -0.1) is 10.2 Å². The van der Waals surface area contributed by atoms with E-state index >= 15 is 0 Å². The molecule has 2 aromatic carbocycles. The molecule has 1 atom stereocenters. The normalized spacial score (nSPS) is 12.0. The van der Waals surface area contributed by atoms with E-state index in [1.54, 1.807) is 14.0 Å². The van der Waals surface area contributed by atoms with E-state index in [0.717, 1.165) is 23.4 Å². The van der Waals surface area contributed by atoms with Crippen molar-refractivity contribution in [2.45, 2.75) is 26.3 Å². The molecule has 0 spiro atoms. The Hall–Kier alpha value is -2.82. The fourth-order valence-electron chi connectivity index (χ4n) is 2.62. The van der Waals surface area contributed by atoms with Crippen LogP contribution in [0, 0.1) is 6.92 Å². The first-order chi connectivity index (χ1) is 11.7. The maximum atomic E-state index is 5.50. The van der Waals surface area contributed by atoms with Crippen LogP contribution in [0.1, 0.15) is 35.9 Å². The first-order valence-electron chi connectivity index (χ1n) is 7.93. The second-order valence-corrected chi connectivity index (χ2v) is 5.71. The van der Waals surface area contributed by atoms with E-state index in [0.29, 0.717) is 11.8 Å². The number of hydrogen-bond donors (Lipinski definition) is 1. The van der Waals surface area contributed by atoms with Crippen LogP contribution in [-0.4, -0.2) is 17.3 Å². The molecule has 0 bridgehead atoms. The standard InChI is InChI=1S/C19H21N3O2/c1-13(19-22-21-14(2)24-19)20-17-9-10-18(23-3)16(12-17)11-15-7-5-4-6-8-15/h4-10,12-13,20H,11H2,1-3H3/t13-/m1/s1. The third kappa shape index (κ3) is 3.74. The summed E-state index contributed by atoms with van der Waals surface area (Å²) in [7, 11) is 1.70. The van der Waals surface area contributed by atoms with Crippen molar-refractivity contribution in [3.8, 4) is 5.75 Å². The van der Waals surface area contributed by atoms with Gasteiger partial charge in [0.2, 0.25) is 11.8 Å². The largest absolute Gasteiger partial charge is 0.496 e. The van der Waals surface area contributed by atoms with Gasteiger partial charge in [0.15, 0.2) is 0 Å². The molecule has 0 aliphatic carbocycles. The SMILES string of the molecule is COc1ccc(N[C@H](C)c2nnc(C)o2)cc1Cc1ccccc1. The van der Waals surface area contributed by atoms with E-state index in [9.17, 15) is 0 Å². The Bertz CT molecular complexity index is 799. The van der Waals surface area contributed by atoms with Gasteiger partial charge in [-0.05, 0) is 30.7 Å². The van der Waals surface area contributed by atoms with E-state index < -0.39 is 0 Å². The van der Waals surface area contributed by atoms with Gasteiger partial charge in [-0.1, -0.05) is 30.3 Å². The minimum Gasteiger partial charge on any atom is -0.496 e. The van der Waals surface area contributed by atoms with Crippen LogP contribution in [0.4, 0.5) is 5.69 Å². The van der Waals surface area contributed by atoms with Gasteiger partial charge in [-0.25, -0.2) is 0 Å². The first-order valence-corrected chi connectivity index (χ1v) is 7.93. The maximum absolute atomic E-state index is 5.50. The lowest BCUT2D eigenvalue weighted by Gasteiger charge is -2.15. The molecule has 124 valence electrons.